The van der Waals surface area contributed by atoms with Gasteiger partial charge in [-0.3, -0.25) is 0 Å². The van der Waals surface area contributed by atoms with Crippen LogP contribution in [0.4, 0.5) is 0 Å². The molecule has 3 nitrogen and oxygen atoms in total. The molecule has 0 aromatic carbocycles. The van der Waals surface area contributed by atoms with E-state index in [1.807, 2.05) is 0 Å². The van der Waals surface area contributed by atoms with E-state index in [0.717, 1.165) is 38.9 Å². The molecule has 3 heteroatoms. The van der Waals surface area contributed by atoms with Gasteiger partial charge in [0, 0.05) is 5.54 Å². The van der Waals surface area contributed by atoms with E-state index in [1.165, 1.54) is 19.4 Å². The molecule has 1 unspecified atom stereocenters. The summed E-state index contributed by atoms with van der Waals surface area (Å²) >= 11 is 0. The summed E-state index contributed by atoms with van der Waals surface area (Å²) in [4.78, 5) is 2.51. The van der Waals surface area contributed by atoms with Crippen molar-refractivity contribution in [2.24, 2.45) is 0 Å². The van der Waals surface area contributed by atoms with Crippen LogP contribution in [-0.4, -0.2) is 48.3 Å². The first-order valence-electron chi connectivity index (χ1n) is 7.70. The molecule has 0 aliphatic heterocycles. The molecular weight excluding hydrogens is 224 g/mol. The molecule has 18 heavy (non-hydrogen) atoms. The van der Waals surface area contributed by atoms with Gasteiger partial charge in [0.05, 0.1) is 6.61 Å². The van der Waals surface area contributed by atoms with Crippen molar-refractivity contribution in [3.05, 3.63) is 0 Å². The van der Waals surface area contributed by atoms with Crippen LogP contribution in [0.1, 0.15) is 59.8 Å². The zero-order valence-corrected chi connectivity index (χ0v) is 13.0. The van der Waals surface area contributed by atoms with Crippen molar-refractivity contribution in [3.63, 3.8) is 0 Å². The Kier molecular flexibility index (Phi) is 10.7. The van der Waals surface area contributed by atoms with E-state index in [2.05, 4.69) is 37.9 Å². The molecule has 1 atom stereocenters. The quantitative estimate of drug-likeness (QED) is 0.565. The van der Waals surface area contributed by atoms with Crippen LogP contribution in [0.15, 0.2) is 0 Å². The minimum Gasteiger partial charge on any atom is -0.394 e. The van der Waals surface area contributed by atoms with Crippen molar-refractivity contribution < 1.29 is 5.11 Å². The maximum atomic E-state index is 9.50. The van der Waals surface area contributed by atoms with Gasteiger partial charge in [0.15, 0.2) is 0 Å². The Morgan fingerprint density at radius 3 is 2.22 bits per heavy atom. The molecule has 2 N–H and O–H groups in total. The molecule has 0 saturated carbocycles. The summed E-state index contributed by atoms with van der Waals surface area (Å²) in [7, 11) is 0. The normalized spacial score (nSPS) is 15.0. The Morgan fingerprint density at radius 1 is 1.06 bits per heavy atom. The fourth-order valence-electron chi connectivity index (χ4n) is 2.15. The summed E-state index contributed by atoms with van der Waals surface area (Å²) in [6, 6.07) is 0. The average Bonchev–Trinajstić information content (AvgIpc) is 2.40. The van der Waals surface area contributed by atoms with Crippen LogP contribution in [0, 0.1) is 0 Å². The maximum absolute atomic E-state index is 9.50. The molecule has 0 radical (unpaired) electrons. The van der Waals surface area contributed by atoms with Gasteiger partial charge in [-0.15, -0.1) is 0 Å². The summed E-state index contributed by atoms with van der Waals surface area (Å²) < 4.78 is 0. The van der Waals surface area contributed by atoms with Crippen LogP contribution in [0.5, 0.6) is 0 Å². The van der Waals surface area contributed by atoms with Crippen molar-refractivity contribution in [2.45, 2.75) is 65.3 Å². The highest BCUT2D eigenvalue weighted by Crippen LogP contribution is 2.12. The number of hydrogen-bond acceptors (Lipinski definition) is 3. The molecular formula is C15H34N2O. The third-order valence-electron chi connectivity index (χ3n) is 3.63. The molecule has 0 heterocycles. The minimum absolute atomic E-state index is 0.0970. The Bertz CT molecular complexity index is 187. The van der Waals surface area contributed by atoms with Gasteiger partial charge in [0.2, 0.25) is 0 Å². The SMILES string of the molecule is CCCCN(CC)CCCC(C)(CO)NCCC. The second-order valence-electron chi connectivity index (χ2n) is 5.54. The van der Waals surface area contributed by atoms with Gasteiger partial charge in [0.1, 0.15) is 0 Å². The van der Waals surface area contributed by atoms with Gasteiger partial charge in [-0.1, -0.05) is 27.2 Å². The number of aliphatic hydroxyl groups excluding tert-OH is 1. The summed E-state index contributed by atoms with van der Waals surface area (Å²) in [6.07, 6.45) is 5.88. The van der Waals surface area contributed by atoms with E-state index >= 15 is 0 Å². The summed E-state index contributed by atoms with van der Waals surface area (Å²) in [5.41, 5.74) is -0.0970. The molecule has 0 aromatic rings. The van der Waals surface area contributed by atoms with Gasteiger partial charge in [0.25, 0.3) is 0 Å². The third kappa shape index (κ3) is 8.06. The highest BCUT2D eigenvalue weighted by atomic mass is 16.3. The van der Waals surface area contributed by atoms with Crippen LogP contribution in [0.2, 0.25) is 0 Å². The molecule has 0 saturated heterocycles. The highest BCUT2D eigenvalue weighted by Gasteiger charge is 2.21. The number of rotatable bonds is 12. The number of nitrogens with zero attached hydrogens (tertiary/aromatic N) is 1. The van der Waals surface area contributed by atoms with Gasteiger partial charge in [-0.25, -0.2) is 0 Å². The fourth-order valence-corrected chi connectivity index (χ4v) is 2.15. The lowest BCUT2D eigenvalue weighted by molar-refractivity contribution is 0.157. The lowest BCUT2D eigenvalue weighted by atomic mass is 9.96. The van der Waals surface area contributed by atoms with E-state index in [-0.39, 0.29) is 12.1 Å². The molecule has 0 aliphatic carbocycles. The summed E-state index contributed by atoms with van der Waals surface area (Å²) in [5, 5.41) is 13.0. The van der Waals surface area contributed by atoms with Gasteiger partial charge < -0.3 is 15.3 Å². The molecule has 0 aliphatic rings. The van der Waals surface area contributed by atoms with Crippen molar-refractivity contribution in [3.8, 4) is 0 Å². The maximum Gasteiger partial charge on any atom is 0.0610 e. The van der Waals surface area contributed by atoms with Crippen LogP contribution in [-0.2, 0) is 0 Å². The second kappa shape index (κ2) is 10.8. The van der Waals surface area contributed by atoms with Crippen LogP contribution in [0.25, 0.3) is 0 Å². The molecule has 110 valence electrons. The number of nitrogens with one attached hydrogen (secondary N) is 1. The van der Waals surface area contributed by atoms with Crippen molar-refractivity contribution in [2.75, 3.05) is 32.8 Å². The third-order valence-corrected chi connectivity index (χ3v) is 3.63. The first-order valence-corrected chi connectivity index (χ1v) is 7.70. The van der Waals surface area contributed by atoms with E-state index < -0.39 is 0 Å². The first-order chi connectivity index (χ1) is 8.61. The zero-order chi connectivity index (χ0) is 13.9. The van der Waals surface area contributed by atoms with Crippen molar-refractivity contribution in [1.29, 1.82) is 0 Å². The predicted molar refractivity (Wildman–Crippen MR) is 80.0 cm³/mol. The highest BCUT2D eigenvalue weighted by molar-refractivity contribution is 4.82. The fraction of sp³-hybridized carbons (Fsp3) is 1.00. The van der Waals surface area contributed by atoms with Gasteiger partial charge in [-0.05, 0) is 58.8 Å². The molecule has 0 rings (SSSR count). The molecule has 0 aromatic heterocycles. The van der Waals surface area contributed by atoms with Crippen molar-refractivity contribution in [1.82, 2.24) is 10.2 Å². The predicted octanol–water partition coefficient (Wildman–Crippen LogP) is 2.64. The van der Waals surface area contributed by atoms with Crippen LogP contribution >= 0.6 is 0 Å². The molecule has 0 bridgehead atoms. The largest absolute Gasteiger partial charge is 0.394 e. The molecule has 0 fully saturated rings. The van der Waals surface area contributed by atoms with Crippen LogP contribution in [0.3, 0.4) is 0 Å². The Labute approximate surface area is 114 Å². The minimum atomic E-state index is -0.0970. The Morgan fingerprint density at radius 2 is 1.72 bits per heavy atom. The van der Waals surface area contributed by atoms with E-state index in [4.69, 9.17) is 0 Å². The van der Waals surface area contributed by atoms with Crippen LogP contribution < -0.4 is 5.32 Å². The van der Waals surface area contributed by atoms with Crippen molar-refractivity contribution >= 4 is 0 Å². The van der Waals surface area contributed by atoms with E-state index in [0.29, 0.717) is 0 Å². The average molecular weight is 258 g/mol. The zero-order valence-electron chi connectivity index (χ0n) is 13.0. The Hall–Kier alpha value is -0.120. The smallest absolute Gasteiger partial charge is 0.0610 e. The second-order valence-corrected chi connectivity index (χ2v) is 5.54. The molecule has 0 amide bonds. The van der Waals surface area contributed by atoms with E-state index in [1.54, 1.807) is 0 Å². The monoisotopic (exact) mass is 258 g/mol. The van der Waals surface area contributed by atoms with Gasteiger partial charge >= 0.3 is 0 Å². The lowest BCUT2D eigenvalue weighted by Gasteiger charge is -2.30. The first kappa shape index (κ1) is 17.9. The standard InChI is InChI=1S/C15H34N2O/c1-5-8-12-17(7-3)13-9-10-15(4,14-18)16-11-6-2/h16,18H,5-14H2,1-4H3. The van der Waals surface area contributed by atoms with E-state index in [9.17, 15) is 5.11 Å². The lowest BCUT2D eigenvalue weighted by Crippen LogP contribution is -2.46. The number of hydrogen-bond donors (Lipinski definition) is 2. The summed E-state index contributed by atoms with van der Waals surface area (Å²) in [6.45, 7) is 13.5. The number of aliphatic hydroxyl groups is 1. The van der Waals surface area contributed by atoms with Gasteiger partial charge in [-0.2, -0.15) is 0 Å². The summed E-state index contributed by atoms with van der Waals surface area (Å²) in [5.74, 6) is 0. The Balaban J connectivity index is 3.89. The number of unbranched alkanes of at least 4 members (excludes halogenated alkanes) is 1. The molecule has 0 spiro atoms. The topological polar surface area (TPSA) is 35.5 Å².